The molecule has 26 heavy (non-hydrogen) atoms. The van der Waals surface area contributed by atoms with Crippen molar-refractivity contribution in [1.29, 1.82) is 0 Å². The van der Waals surface area contributed by atoms with E-state index >= 15 is 0 Å². The summed E-state index contributed by atoms with van der Waals surface area (Å²) in [5.74, 6) is 2.25. The number of carbonyl (C=O) groups is 1. The SMILES string of the molecule is CC1c2nc(C(=O)NCc3ccco3)cn2CCN1CC1CCOCC1. The number of aromatic nitrogens is 2. The maximum Gasteiger partial charge on any atom is 0.271 e. The van der Waals surface area contributed by atoms with Gasteiger partial charge in [-0.25, -0.2) is 4.98 Å². The summed E-state index contributed by atoms with van der Waals surface area (Å²) < 4.78 is 12.8. The highest BCUT2D eigenvalue weighted by Gasteiger charge is 2.29. The Balaban J connectivity index is 1.39. The summed E-state index contributed by atoms with van der Waals surface area (Å²) in [6.45, 7) is 7.26. The van der Waals surface area contributed by atoms with Crippen LogP contribution in [-0.2, 0) is 17.8 Å². The fourth-order valence-corrected chi connectivity index (χ4v) is 3.83. The number of hydrogen-bond donors (Lipinski definition) is 1. The molecule has 2 aromatic heterocycles. The van der Waals surface area contributed by atoms with Crippen LogP contribution in [0.1, 0.15) is 47.9 Å². The Labute approximate surface area is 153 Å². The van der Waals surface area contributed by atoms with Gasteiger partial charge in [-0.3, -0.25) is 9.69 Å². The highest BCUT2D eigenvalue weighted by Crippen LogP contribution is 2.27. The van der Waals surface area contributed by atoms with Gasteiger partial charge in [0.15, 0.2) is 0 Å². The summed E-state index contributed by atoms with van der Waals surface area (Å²) in [5.41, 5.74) is 0.478. The van der Waals surface area contributed by atoms with Gasteiger partial charge >= 0.3 is 0 Å². The zero-order chi connectivity index (χ0) is 17.9. The molecule has 0 spiro atoms. The first-order chi connectivity index (χ1) is 12.7. The van der Waals surface area contributed by atoms with Crippen LogP contribution in [0.25, 0.3) is 0 Å². The molecule has 0 aliphatic carbocycles. The van der Waals surface area contributed by atoms with Gasteiger partial charge in [0, 0.05) is 39.0 Å². The van der Waals surface area contributed by atoms with Crippen LogP contribution in [0.2, 0.25) is 0 Å². The summed E-state index contributed by atoms with van der Waals surface area (Å²) >= 11 is 0. The first-order valence-electron chi connectivity index (χ1n) is 9.40. The Bertz CT molecular complexity index is 734. The normalized spacial score (nSPS) is 21.5. The lowest BCUT2D eigenvalue weighted by molar-refractivity contribution is 0.0411. The van der Waals surface area contributed by atoms with E-state index in [-0.39, 0.29) is 11.9 Å². The number of fused-ring (bicyclic) bond motifs is 1. The quantitative estimate of drug-likeness (QED) is 0.887. The molecule has 0 aromatic carbocycles. The average molecular weight is 358 g/mol. The molecule has 1 atom stereocenters. The van der Waals surface area contributed by atoms with Gasteiger partial charge in [-0.2, -0.15) is 0 Å². The monoisotopic (exact) mass is 358 g/mol. The molecule has 1 fully saturated rings. The molecule has 1 saturated heterocycles. The first kappa shape index (κ1) is 17.3. The number of carbonyl (C=O) groups excluding carboxylic acids is 1. The molecule has 2 aromatic rings. The second kappa shape index (κ2) is 7.63. The summed E-state index contributed by atoms with van der Waals surface area (Å²) in [6.07, 6.45) is 5.75. The predicted octanol–water partition coefficient (Wildman–Crippen LogP) is 2.21. The summed E-state index contributed by atoms with van der Waals surface area (Å²) in [4.78, 5) is 19.5. The summed E-state index contributed by atoms with van der Waals surface area (Å²) in [6, 6.07) is 3.87. The van der Waals surface area contributed by atoms with Crippen LogP contribution in [0.15, 0.2) is 29.0 Å². The van der Waals surface area contributed by atoms with E-state index in [1.54, 1.807) is 6.26 Å². The minimum absolute atomic E-state index is 0.161. The van der Waals surface area contributed by atoms with Gasteiger partial charge in [0.2, 0.25) is 0 Å². The first-order valence-corrected chi connectivity index (χ1v) is 9.40. The van der Waals surface area contributed by atoms with Crippen LogP contribution in [0.3, 0.4) is 0 Å². The van der Waals surface area contributed by atoms with Gasteiger partial charge in [0.1, 0.15) is 17.3 Å². The van der Waals surface area contributed by atoms with Crippen molar-refractivity contribution in [1.82, 2.24) is 19.8 Å². The molecular weight excluding hydrogens is 332 g/mol. The Kier molecular flexibility index (Phi) is 5.08. The van der Waals surface area contributed by atoms with Crippen molar-refractivity contribution in [3.8, 4) is 0 Å². The third-order valence-corrected chi connectivity index (χ3v) is 5.43. The molecular formula is C19H26N4O3. The minimum atomic E-state index is -0.161. The smallest absolute Gasteiger partial charge is 0.271 e. The van der Waals surface area contributed by atoms with Crippen LogP contribution >= 0.6 is 0 Å². The fourth-order valence-electron chi connectivity index (χ4n) is 3.83. The van der Waals surface area contributed by atoms with Gasteiger partial charge in [-0.05, 0) is 37.8 Å². The van der Waals surface area contributed by atoms with E-state index in [9.17, 15) is 4.79 Å². The van der Waals surface area contributed by atoms with Crippen molar-refractivity contribution >= 4 is 5.91 Å². The summed E-state index contributed by atoms with van der Waals surface area (Å²) in [7, 11) is 0. The number of amides is 1. The maximum atomic E-state index is 12.4. The highest BCUT2D eigenvalue weighted by molar-refractivity contribution is 5.92. The molecule has 2 aliphatic rings. The van der Waals surface area contributed by atoms with Crippen molar-refractivity contribution in [2.75, 3.05) is 26.3 Å². The molecule has 0 saturated carbocycles. The second-order valence-electron chi connectivity index (χ2n) is 7.17. The molecule has 0 radical (unpaired) electrons. The van der Waals surface area contributed by atoms with Gasteiger partial charge in [-0.15, -0.1) is 0 Å². The standard InChI is InChI=1S/C19H26N4O3/c1-14-18-21-17(19(24)20-11-16-3-2-8-26-16)13-23(18)7-6-22(14)12-15-4-9-25-10-5-15/h2-3,8,13-15H,4-7,9-12H2,1H3,(H,20,24). The van der Waals surface area contributed by atoms with E-state index < -0.39 is 0 Å². The highest BCUT2D eigenvalue weighted by atomic mass is 16.5. The third-order valence-electron chi connectivity index (χ3n) is 5.43. The topological polar surface area (TPSA) is 72.5 Å². The zero-order valence-electron chi connectivity index (χ0n) is 15.2. The Morgan fingerprint density at radius 1 is 1.35 bits per heavy atom. The van der Waals surface area contributed by atoms with Crippen molar-refractivity contribution < 1.29 is 13.9 Å². The molecule has 1 N–H and O–H groups in total. The Hall–Kier alpha value is -2.12. The van der Waals surface area contributed by atoms with Crippen LogP contribution in [-0.4, -0.2) is 46.7 Å². The number of furan rings is 1. The van der Waals surface area contributed by atoms with Crippen molar-refractivity contribution in [2.24, 2.45) is 5.92 Å². The lowest BCUT2D eigenvalue weighted by Crippen LogP contribution is -2.40. The fraction of sp³-hybridized carbons (Fsp3) is 0.579. The van der Waals surface area contributed by atoms with E-state index in [1.165, 1.54) is 0 Å². The molecule has 1 amide bonds. The van der Waals surface area contributed by atoms with Crippen LogP contribution < -0.4 is 5.32 Å². The van der Waals surface area contributed by atoms with Crippen molar-refractivity contribution in [2.45, 2.75) is 38.9 Å². The maximum absolute atomic E-state index is 12.4. The molecule has 140 valence electrons. The van der Waals surface area contributed by atoms with Crippen LogP contribution in [0, 0.1) is 5.92 Å². The lowest BCUT2D eigenvalue weighted by atomic mass is 9.98. The number of ether oxygens (including phenoxy) is 1. The van der Waals surface area contributed by atoms with Gasteiger partial charge in [0.25, 0.3) is 5.91 Å². The molecule has 7 heteroatoms. The van der Waals surface area contributed by atoms with Crippen molar-refractivity contribution in [3.05, 3.63) is 41.9 Å². The number of imidazole rings is 1. The van der Waals surface area contributed by atoms with Crippen molar-refractivity contribution in [3.63, 3.8) is 0 Å². The zero-order valence-corrected chi connectivity index (χ0v) is 15.2. The second-order valence-corrected chi connectivity index (χ2v) is 7.17. The number of rotatable bonds is 5. The molecule has 0 bridgehead atoms. The van der Waals surface area contributed by atoms with E-state index in [4.69, 9.17) is 9.15 Å². The van der Waals surface area contributed by atoms with E-state index in [1.807, 2.05) is 18.3 Å². The molecule has 2 aliphatic heterocycles. The summed E-state index contributed by atoms with van der Waals surface area (Å²) in [5, 5.41) is 2.87. The third kappa shape index (κ3) is 3.68. The van der Waals surface area contributed by atoms with E-state index in [0.717, 1.165) is 57.3 Å². The molecule has 7 nitrogen and oxygen atoms in total. The predicted molar refractivity (Wildman–Crippen MR) is 95.6 cm³/mol. The van der Waals surface area contributed by atoms with E-state index in [0.29, 0.717) is 18.2 Å². The van der Waals surface area contributed by atoms with Gasteiger partial charge in [-0.1, -0.05) is 0 Å². The number of hydrogen-bond acceptors (Lipinski definition) is 5. The Morgan fingerprint density at radius 3 is 2.96 bits per heavy atom. The number of nitrogens with one attached hydrogen (secondary N) is 1. The van der Waals surface area contributed by atoms with Crippen LogP contribution in [0.4, 0.5) is 0 Å². The molecule has 1 unspecified atom stereocenters. The van der Waals surface area contributed by atoms with E-state index in [2.05, 4.69) is 26.7 Å². The molecule has 4 heterocycles. The largest absolute Gasteiger partial charge is 0.467 e. The number of nitrogens with zero attached hydrogens (tertiary/aromatic N) is 3. The van der Waals surface area contributed by atoms with Gasteiger partial charge in [0.05, 0.1) is 18.8 Å². The van der Waals surface area contributed by atoms with Gasteiger partial charge < -0.3 is 19.0 Å². The lowest BCUT2D eigenvalue weighted by Gasteiger charge is -2.37. The molecule has 4 rings (SSSR count). The average Bonchev–Trinajstić information content (AvgIpc) is 3.33. The Morgan fingerprint density at radius 2 is 2.19 bits per heavy atom. The van der Waals surface area contributed by atoms with Crippen LogP contribution in [0.5, 0.6) is 0 Å². The minimum Gasteiger partial charge on any atom is -0.467 e.